The summed E-state index contributed by atoms with van der Waals surface area (Å²) in [4.78, 5) is 12.6. The Labute approximate surface area is 159 Å². The SMILES string of the molecule is CC(C)(C)SCCNC(=O)[C@@H]1CCCN1S(=O)(=O)c1ccc(Cl)cc1. The standard InChI is InChI=1S/C17H25ClN2O3S2/c1-17(2,3)24-12-10-19-16(21)15-5-4-11-20(15)25(22,23)14-8-6-13(18)7-9-14/h6-9,15H,4-5,10-12H2,1-3H3,(H,19,21)/t15-/m0/s1. The molecule has 1 aliphatic rings. The summed E-state index contributed by atoms with van der Waals surface area (Å²) in [6, 6.07) is 5.41. The van der Waals surface area contributed by atoms with Crippen LogP contribution in [-0.2, 0) is 14.8 Å². The predicted octanol–water partition coefficient (Wildman–Crippen LogP) is 3.14. The number of nitrogens with zero attached hydrogens (tertiary/aromatic N) is 1. The van der Waals surface area contributed by atoms with Crippen molar-refractivity contribution in [1.82, 2.24) is 9.62 Å². The minimum absolute atomic E-state index is 0.141. The summed E-state index contributed by atoms with van der Waals surface area (Å²) in [7, 11) is -3.69. The number of carbonyl (C=O) groups is 1. The Morgan fingerprint density at radius 2 is 1.96 bits per heavy atom. The van der Waals surface area contributed by atoms with E-state index in [2.05, 4.69) is 26.1 Å². The first-order chi connectivity index (χ1) is 11.6. The van der Waals surface area contributed by atoms with Crippen LogP contribution in [0.25, 0.3) is 0 Å². The molecule has 1 saturated heterocycles. The van der Waals surface area contributed by atoms with Crippen LogP contribution in [0, 0.1) is 0 Å². The summed E-state index contributed by atoms with van der Waals surface area (Å²) < 4.78 is 27.1. The van der Waals surface area contributed by atoms with Gasteiger partial charge in [-0.15, -0.1) is 0 Å². The van der Waals surface area contributed by atoms with Gasteiger partial charge in [-0.3, -0.25) is 4.79 Å². The third-order valence-electron chi connectivity index (χ3n) is 3.86. The van der Waals surface area contributed by atoms with Crippen LogP contribution in [0.5, 0.6) is 0 Å². The first-order valence-corrected chi connectivity index (χ1v) is 11.1. The van der Waals surface area contributed by atoms with Crippen molar-refractivity contribution in [1.29, 1.82) is 0 Å². The first kappa shape index (κ1) is 20.6. The van der Waals surface area contributed by atoms with Gasteiger partial charge in [-0.1, -0.05) is 32.4 Å². The van der Waals surface area contributed by atoms with Crippen molar-refractivity contribution in [3.8, 4) is 0 Å². The Morgan fingerprint density at radius 1 is 1.32 bits per heavy atom. The second-order valence-electron chi connectivity index (χ2n) is 6.98. The quantitative estimate of drug-likeness (QED) is 0.739. The van der Waals surface area contributed by atoms with Gasteiger partial charge in [0.05, 0.1) is 4.90 Å². The Morgan fingerprint density at radius 3 is 2.56 bits per heavy atom. The maximum atomic E-state index is 12.8. The topological polar surface area (TPSA) is 66.5 Å². The molecule has 1 atom stereocenters. The van der Waals surface area contributed by atoms with E-state index in [9.17, 15) is 13.2 Å². The Bertz CT molecular complexity index is 700. The van der Waals surface area contributed by atoms with Crippen LogP contribution in [0.4, 0.5) is 0 Å². The van der Waals surface area contributed by atoms with Crippen LogP contribution >= 0.6 is 23.4 Å². The zero-order chi connectivity index (χ0) is 18.7. The molecule has 8 heteroatoms. The number of rotatable bonds is 6. The van der Waals surface area contributed by atoms with E-state index in [0.29, 0.717) is 31.0 Å². The van der Waals surface area contributed by atoms with E-state index < -0.39 is 16.1 Å². The van der Waals surface area contributed by atoms with Gasteiger partial charge in [-0.2, -0.15) is 16.1 Å². The summed E-state index contributed by atoms with van der Waals surface area (Å²) in [6.07, 6.45) is 1.23. The average molecular weight is 405 g/mol. The molecule has 1 N–H and O–H groups in total. The fraction of sp³-hybridized carbons (Fsp3) is 0.588. The van der Waals surface area contributed by atoms with Gasteiger partial charge in [-0.05, 0) is 37.1 Å². The number of hydrogen-bond acceptors (Lipinski definition) is 4. The highest BCUT2D eigenvalue weighted by Gasteiger charge is 2.39. The maximum absolute atomic E-state index is 12.8. The molecule has 0 spiro atoms. The first-order valence-electron chi connectivity index (χ1n) is 8.30. The third-order valence-corrected chi connectivity index (χ3v) is 7.31. The number of benzene rings is 1. The zero-order valence-electron chi connectivity index (χ0n) is 14.8. The molecule has 0 bridgehead atoms. The van der Waals surface area contributed by atoms with Crippen molar-refractivity contribution in [2.75, 3.05) is 18.8 Å². The van der Waals surface area contributed by atoms with Crippen molar-refractivity contribution >= 4 is 39.3 Å². The highest BCUT2D eigenvalue weighted by molar-refractivity contribution is 8.00. The van der Waals surface area contributed by atoms with Crippen LogP contribution in [0.2, 0.25) is 5.02 Å². The molecule has 1 amide bonds. The molecular weight excluding hydrogens is 380 g/mol. The molecule has 0 aromatic heterocycles. The zero-order valence-corrected chi connectivity index (χ0v) is 17.2. The molecule has 0 radical (unpaired) electrons. The molecule has 0 saturated carbocycles. The van der Waals surface area contributed by atoms with Crippen LogP contribution in [0.3, 0.4) is 0 Å². The number of carbonyl (C=O) groups excluding carboxylic acids is 1. The lowest BCUT2D eigenvalue weighted by Crippen LogP contribution is -2.46. The molecule has 5 nitrogen and oxygen atoms in total. The molecule has 1 aliphatic heterocycles. The summed E-state index contributed by atoms with van der Waals surface area (Å²) in [5.41, 5.74) is 0. The molecule has 0 aliphatic carbocycles. The monoisotopic (exact) mass is 404 g/mol. The van der Waals surface area contributed by atoms with Crippen LogP contribution in [0.15, 0.2) is 29.2 Å². The van der Waals surface area contributed by atoms with Gasteiger partial charge in [0, 0.05) is 28.6 Å². The number of halogens is 1. The van der Waals surface area contributed by atoms with Gasteiger partial charge in [-0.25, -0.2) is 8.42 Å². The van der Waals surface area contributed by atoms with E-state index in [-0.39, 0.29) is 15.5 Å². The number of thioether (sulfide) groups is 1. The Kier molecular flexibility index (Phi) is 6.81. The molecule has 1 aromatic carbocycles. The minimum atomic E-state index is -3.69. The Hall–Kier alpha value is -0.760. The van der Waals surface area contributed by atoms with Crippen molar-refractivity contribution in [2.24, 2.45) is 0 Å². The third kappa shape index (κ3) is 5.61. The van der Waals surface area contributed by atoms with Gasteiger partial charge in [0.1, 0.15) is 6.04 Å². The van der Waals surface area contributed by atoms with Crippen LogP contribution in [0.1, 0.15) is 33.6 Å². The van der Waals surface area contributed by atoms with Crippen molar-refractivity contribution in [3.05, 3.63) is 29.3 Å². The highest BCUT2D eigenvalue weighted by atomic mass is 35.5. The molecular formula is C17H25ClN2O3S2. The number of hydrogen-bond donors (Lipinski definition) is 1. The Balaban J connectivity index is 2.01. The summed E-state index contributed by atoms with van der Waals surface area (Å²) in [6.45, 7) is 7.26. The van der Waals surface area contributed by atoms with Crippen molar-refractivity contribution in [3.63, 3.8) is 0 Å². The van der Waals surface area contributed by atoms with Gasteiger partial charge >= 0.3 is 0 Å². The second-order valence-corrected chi connectivity index (χ2v) is 11.2. The number of sulfonamides is 1. The predicted molar refractivity (Wildman–Crippen MR) is 104 cm³/mol. The molecule has 25 heavy (non-hydrogen) atoms. The summed E-state index contributed by atoms with van der Waals surface area (Å²) >= 11 is 7.59. The maximum Gasteiger partial charge on any atom is 0.243 e. The molecule has 1 aromatic rings. The van der Waals surface area contributed by atoms with Crippen LogP contribution in [-0.4, -0.2) is 48.3 Å². The van der Waals surface area contributed by atoms with Crippen molar-refractivity contribution in [2.45, 2.75) is 49.3 Å². The normalized spacial score (nSPS) is 19.1. The number of nitrogens with one attached hydrogen (secondary N) is 1. The van der Waals surface area contributed by atoms with Gasteiger partial charge in [0.2, 0.25) is 15.9 Å². The molecule has 1 fully saturated rings. The van der Waals surface area contributed by atoms with E-state index >= 15 is 0 Å². The lowest BCUT2D eigenvalue weighted by molar-refractivity contribution is -0.124. The smallest absolute Gasteiger partial charge is 0.243 e. The lowest BCUT2D eigenvalue weighted by Gasteiger charge is -2.24. The highest BCUT2D eigenvalue weighted by Crippen LogP contribution is 2.27. The summed E-state index contributed by atoms with van der Waals surface area (Å²) in [5.74, 6) is 0.580. The lowest BCUT2D eigenvalue weighted by atomic mass is 10.2. The van der Waals surface area contributed by atoms with Crippen molar-refractivity contribution < 1.29 is 13.2 Å². The van der Waals surface area contributed by atoms with E-state index in [4.69, 9.17) is 11.6 Å². The van der Waals surface area contributed by atoms with E-state index in [0.717, 1.165) is 5.75 Å². The molecule has 140 valence electrons. The average Bonchev–Trinajstić information content (AvgIpc) is 3.01. The van der Waals surface area contributed by atoms with E-state index in [1.807, 2.05) is 0 Å². The summed E-state index contributed by atoms with van der Waals surface area (Å²) in [5, 5.41) is 3.35. The molecule has 2 rings (SSSR count). The largest absolute Gasteiger partial charge is 0.354 e. The second kappa shape index (κ2) is 8.29. The van der Waals surface area contributed by atoms with E-state index in [1.54, 1.807) is 23.9 Å². The fourth-order valence-corrected chi connectivity index (χ4v) is 5.28. The van der Waals surface area contributed by atoms with Crippen LogP contribution < -0.4 is 5.32 Å². The van der Waals surface area contributed by atoms with Gasteiger partial charge < -0.3 is 5.32 Å². The molecule has 1 heterocycles. The van der Waals surface area contributed by atoms with Gasteiger partial charge in [0.25, 0.3) is 0 Å². The molecule has 0 unspecified atom stereocenters. The fourth-order valence-electron chi connectivity index (χ4n) is 2.68. The van der Waals surface area contributed by atoms with E-state index in [1.165, 1.54) is 16.4 Å². The minimum Gasteiger partial charge on any atom is -0.354 e. The van der Waals surface area contributed by atoms with Gasteiger partial charge in [0.15, 0.2) is 0 Å². The number of amides is 1.